The van der Waals surface area contributed by atoms with Gasteiger partial charge in [0.2, 0.25) is 5.91 Å². The number of hydrogen-bond donors (Lipinski definition) is 1. The van der Waals surface area contributed by atoms with Gasteiger partial charge in [-0.2, -0.15) is 5.26 Å². The summed E-state index contributed by atoms with van der Waals surface area (Å²) in [6.07, 6.45) is 0. The maximum atomic E-state index is 12.5. The summed E-state index contributed by atoms with van der Waals surface area (Å²) >= 11 is 4.79. The van der Waals surface area contributed by atoms with Crippen LogP contribution in [0.1, 0.15) is 16.8 Å². The third kappa shape index (κ3) is 4.53. The fraction of sp³-hybridized carbons (Fsp3) is 0.190. The van der Waals surface area contributed by atoms with E-state index in [0.29, 0.717) is 17.2 Å². The molecule has 1 N–H and O–H groups in total. The van der Waals surface area contributed by atoms with E-state index in [1.165, 1.54) is 11.8 Å². The van der Waals surface area contributed by atoms with Crippen molar-refractivity contribution in [2.45, 2.75) is 18.6 Å². The molecule has 0 fully saturated rings. The van der Waals surface area contributed by atoms with Crippen molar-refractivity contribution in [1.82, 2.24) is 4.98 Å². The number of thioether (sulfide) groups is 1. The lowest BCUT2D eigenvalue weighted by molar-refractivity contribution is -0.113. The van der Waals surface area contributed by atoms with Gasteiger partial charge in [-0.3, -0.25) is 4.79 Å². The molecule has 3 rings (SSSR count). The number of hydrogen-bond acceptors (Lipinski definition) is 5. The van der Waals surface area contributed by atoms with Crippen LogP contribution in [0.2, 0.25) is 0 Å². The number of benzene rings is 2. The summed E-state index contributed by atoms with van der Waals surface area (Å²) in [5.41, 5.74) is 2.77. The normalized spacial score (nSPS) is 10.6. The second kappa shape index (κ2) is 9.20. The number of nitrogens with one attached hydrogen (secondary N) is 1. The number of carbonyl (C=O) groups excluding carboxylic acids is 1. The summed E-state index contributed by atoms with van der Waals surface area (Å²) in [5.74, 6) is 0.0000447. The number of nitrogens with zero attached hydrogens (tertiary/aromatic N) is 2. The number of anilines is 1. The van der Waals surface area contributed by atoms with Gasteiger partial charge in [0, 0.05) is 28.4 Å². The van der Waals surface area contributed by atoms with Crippen molar-refractivity contribution in [3.05, 3.63) is 63.8 Å². The number of pyridine rings is 1. The summed E-state index contributed by atoms with van der Waals surface area (Å²) in [5, 5.41) is 15.0. The highest BCUT2D eigenvalue weighted by atomic mass is 79.9. The van der Waals surface area contributed by atoms with Crippen LogP contribution in [0.3, 0.4) is 0 Å². The summed E-state index contributed by atoms with van der Waals surface area (Å²) in [7, 11) is 1.58. The SMILES string of the molecule is COCc1cc(C)nc(SCC(=O)Nc2ccc(Br)c3ccccc23)c1C#N. The molecule has 1 heterocycles. The van der Waals surface area contributed by atoms with Crippen molar-refractivity contribution >= 4 is 50.1 Å². The molecule has 0 unspecified atom stereocenters. The number of nitriles is 1. The Morgan fingerprint density at radius 2 is 2.04 bits per heavy atom. The first-order valence-electron chi connectivity index (χ1n) is 8.53. The third-order valence-corrected chi connectivity index (χ3v) is 5.76. The number of carbonyl (C=O) groups is 1. The van der Waals surface area contributed by atoms with E-state index in [0.717, 1.165) is 32.2 Å². The van der Waals surface area contributed by atoms with Crippen molar-refractivity contribution in [3.63, 3.8) is 0 Å². The topological polar surface area (TPSA) is 75.0 Å². The molecule has 0 aliphatic heterocycles. The van der Waals surface area contributed by atoms with E-state index in [9.17, 15) is 10.1 Å². The van der Waals surface area contributed by atoms with Crippen molar-refractivity contribution in [3.8, 4) is 6.07 Å². The van der Waals surface area contributed by atoms with Gasteiger partial charge in [-0.1, -0.05) is 52.0 Å². The molecule has 0 saturated carbocycles. The number of fused-ring (bicyclic) bond motifs is 1. The Bertz CT molecular complexity index is 1080. The summed E-state index contributed by atoms with van der Waals surface area (Å²) < 4.78 is 6.14. The average molecular weight is 456 g/mol. The molecule has 1 aromatic heterocycles. The fourth-order valence-electron chi connectivity index (χ4n) is 2.89. The molecular formula is C21H18BrN3O2S. The molecule has 142 valence electrons. The molecule has 28 heavy (non-hydrogen) atoms. The largest absolute Gasteiger partial charge is 0.380 e. The average Bonchev–Trinajstić information content (AvgIpc) is 2.69. The summed E-state index contributed by atoms with van der Waals surface area (Å²) in [6.45, 7) is 2.19. The highest BCUT2D eigenvalue weighted by Gasteiger charge is 2.14. The lowest BCUT2D eigenvalue weighted by Gasteiger charge is -2.11. The molecule has 7 heteroatoms. The first-order chi connectivity index (χ1) is 13.5. The van der Waals surface area contributed by atoms with Gasteiger partial charge in [-0.05, 0) is 36.1 Å². The van der Waals surface area contributed by atoms with Gasteiger partial charge >= 0.3 is 0 Å². The standard InChI is InChI=1S/C21H18BrN3O2S/c1-13-9-14(11-27-2)17(10-23)21(24-13)28-12-20(26)25-19-8-7-18(22)15-5-3-4-6-16(15)19/h3-9H,11-12H2,1-2H3,(H,25,26). The number of halogens is 1. The van der Waals surface area contributed by atoms with Crippen LogP contribution >= 0.6 is 27.7 Å². The summed E-state index contributed by atoms with van der Waals surface area (Å²) in [6, 6.07) is 15.7. The van der Waals surface area contributed by atoms with Crippen LogP contribution in [0.25, 0.3) is 10.8 Å². The van der Waals surface area contributed by atoms with Gasteiger partial charge < -0.3 is 10.1 Å². The minimum atomic E-state index is -0.155. The minimum absolute atomic E-state index is 0.155. The van der Waals surface area contributed by atoms with E-state index in [2.05, 4.69) is 32.3 Å². The fourth-order valence-corrected chi connectivity index (χ4v) is 4.24. The Hall–Kier alpha value is -2.40. The number of aryl methyl sites for hydroxylation is 1. The van der Waals surface area contributed by atoms with Crippen molar-refractivity contribution in [1.29, 1.82) is 5.26 Å². The predicted molar refractivity (Wildman–Crippen MR) is 115 cm³/mol. The van der Waals surface area contributed by atoms with Crippen LogP contribution in [0.15, 0.2) is 52.0 Å². The lowest BCUT2D eigenvalue weighted by Crippen LogP contribution is -2.14. The van der Waals surface area contributed by atoms with Crippen LogP contribution in [-0.4, -0.2) is 23.8 Å². The number of methoxy groups -OCH3 is 1. The quantitative estimate of drug-likeness (QED) is 0.525. The second-order valence-electron chi connectivity index (χ2n) is 6.13. The Labute approximate surface area is 176 Å². The number of rotatable bonds is 6. The second-order valence-corrected chi connectivity index (χ2v) is 7.94. The van der Waals surface area contributed by atoms with Crippen LogP contribution in [-0.2, 0) is 16.1 Å². The van der Waals surface area contributed by atoms with Crippen molar-refractivity contribution in [2.75, 3.05) is 18.2 Å². The molecule has 1 amide bonds. The maximum Gasteiger partial charge on any atom is 0.234 e. The van der Waals surface area contributed by atoms with Crippen LogP contribution in [0.5, 0.6) is 0 Å². The molecule has 0 saturated heterocycles. The Kier molecular flexibility index (Phi) is 6.68. The Morgan fingerprint density at radius 3 is 2.75 bits per heavy atom. The van der Waals surface area contributed by atoms with E-state index in [4.69, 9.17) is 4.74 Å². The highest BCUT2D eigenvalue weighted by Crippen LogP contribution is 2.30. The molecular weight excluding hydrogens is 438 g/mol. The van der Waals surface area contributed by atoms with Crippen LogP contribution < -0.4 is 5.32 Å². The zero-order chi connectivity index (χ0) is 20.1. The maximum absolute atomic E-state index is 12.5. The Morgan fingerprint density at radius 1 is 1.29 bits per heavy atom. The smallest absolute Gasteiger partial charge is 0.234 e. The number of aromatic nitrogens is 1. The highest BCUT2D eigenvalue weighted by molar-refractivity contribution is 9.10. The van der Waals surface area contributed by atoms with E-state index in [1.54, 1.807) is 7.11 Å². The van der Waals surface area contributed by atoms with Gasteiger partial charge in [0.15, 0.2) is 0 Å². The van der Waals surface area contributed by atoms with Gasteiger partial charge in [0.25, 0.3) is 0 Å². The molecule has 3 aromatic rings. The van der Waals surface area contributed by atoms with Crippen molar-refractivity contribution < 1.29 is 9.53 Å². The van der Waals surface area contributed by atoms with Crippen LogP contribution in [0.4, 0.5) is 5.69 Å². The number of amides is 1. The molecule has 0 radical (unpaired) electrons. The van der Waals surface area contributed by atoms with Crippen molar-refractivity contribution in [2.24, 2.45) is 0 Å². The molecule has 2 aromatic carbocycles. The first-order valence-corrected chi connectivity index (χ1v) is 10.3. The molecule has 0 aliphatic carbocycles. The zero-order valence-corrected chi connectivity index (χ0v) is 17.9. The number of ether oxygens (including phenoxy) is 1. The zero-order valence-electron chi connectivity index (χ0n) is 15.5. The molecule has 0 atom stereocenters. The molecule has 5 nitrogen and oxygen atoms in total. The predicted octanol–water partition coefficient (Wildman–Crippen LogP) is 5.05. The van der Waals surface area contributed by atoms with E-state index in [1.807, 2.05) is 49.4 Å². The lowest BCUT2D eigenvalue weighted by atomic mass is 10.1. The van der Waals surface area contributed by atoms with Gasteiger partial charge in [0.1, 0.15) is 11.1 Å². The molecule has 0 aliphatic rings. The van der Waals surface area contributed by atoms with Crippen LogP contribution in [0, 0.1) is 18.3 Å². The monoisotopic (exact) mass is 455 g/mol. The van der Waals surface area contributed by atoms with Gasteiger partial charge in [-0.25, -0.2) is 4.98 Å². The minimum Gasteiger partial charge on any atom is -0.380 e. The van der Waals surface area contributed by atoms with Gasteiger partial charge in [0.05, 0.1) is 17.9 Å². The van der Waals surface area contributed by atoms with E-state index >= 15 is 0 Å². The molecule has 0 bridgehead atoms. The third-order valence-electron chi connectivity index (χ3n) is 4.09. The van der Waals surface area contributed by atoms with E-state index < -0.39 is 0 Å². The molecule has 0 spiro atoms. The first kappa shape index (κ1) is 20.3. The van der Waals surface area contributed by atoms with E-state index in [-0.39, 0.29) is 11.7 Å². The van der Waals surface area contributed by atoms with Gasteiger partial charge in [-0.15, -0.1) is 0 Å². The summed E-state index contributed by atoms with van der Waals surface area (Å²) in [4.78, 5) is 17.0. The Balaban J connectivity index is 1.77.